The summed E-state index contributed by atoms with van der Waals surface area (Å²) in [6.07, 6.45) is 0. The number of halogens is 2. The lowest BCUT2D eigenvalue weighted by Crippen LogP contribution is -2.20. The highest BCUT2D eigenvalue weighted by Gasteiger charge is 2.15. The molecular formula is C23H20Cl2N2O6S. The van der Waals surface area contributed by atoms with Crippen LogP contribution >= 0.6 is 23.2 Å². The highest BCUT2D eigenvalue weighted by molar-refractivity contribution is 7.92. The van der Waals surface area contributed by atoms with E-state index in [1.807, 2.05) is 0 Å². The summed E-state index contributed by atoms with van der Waals surface area (Å²) in [6.45, 7) is 1.69. The van der Waals surface area contributed by atoms with Crippen molar-refractivity contribution in [1.82, 2.24) is 0 Å². The normalized spacial score (nSPS) is 10.9. The largest absolute Gasteiger partial charge is 0.484 e. The van der Waals surface area contributed by atoms with Gasteiger partial charge < -0.3 is 14.8 Å². The van der Waals surface area contributed by atoms with Crippen LogP contribution in [-0.4, -0.2) is 33.5 Å². The molecule has 0 saturated carbocycles. The van der Waals surface area contributed by atoms with Gasteiger partial charge in [-0.1, -0.05) is 23.2 Å². The summed E-state index contributed by atoms with van der Waals surface area (Å²) in [5.74, 6) is -0.565. The molecule has 0 aliphatic carbocycles. The molecular weight excluding hydrogens is 503 g/mol. The van der Waals surface area contributed by atoms with Crippen LogP contribution in [0.2, 0.25) is 10.0 Å². The van der Waals surface area contributed by atoms with E-state index in [-0.39, 0.29) is 28.8 Å². The van der Waals surface area contributed by atoms with E-state index in [1.165, 1.54) is 42.5 Å². The average Bonchev–Trinajstić information content (AvgIpc) is 2.81. The molecule has 0 heterocycles. The summed E-state index contributed by atoms with van der Waals surface area (Å²) in [7, 11) is -3.86. The molecule has 11 heteroatoms. The molecule has 0 spiro atoms. The summed E-state index contributed by atoms with van der Waals surface area (Å²) in [5.41, 5.74) is 1.12. The van der Waals surface area contributed by atoms with Crippen LogP contribution in [0.25, 0.3) is 0 Å². The van der Waals surface area contributed by atoms with Crippen LogP contribution in [0.3, 0.4) is 0 Å². The lowest BCUT2D eigenvalue weighted by atomic mass is 10.2. The Bertz CT molecular complexity index is 1280. The van der Waals surface area contributed by atoms with Gasteiger partial charge in [-0.05, 0) is 73.7 Å². The average molecular weight is 523 g/mol. The summed E-state index contributed by atoms with van der Waals surface area (Å²) < 4.78 is 37.9. The van der Waals surface area contributed by atoms with Crippen LogP contribution in [0.5, 0.6) is 5.75 Å². The number of carbonyl (C=O) groups excluding carboxylic acids is 2. The highest BCUT2D eigenvalue weighted by Crippen LogP contribution is 2.27. The third-order valence-corrected chi connectivity index (χ3v) is 6.49. The van der Waals surface area contributed by atoms with E-state index in [0.717, 1.165) is 0 Å². The number of ether oxygens (including phenoxy) is 2. The molecule has 0 fully saturated rings. The smallest absolute Gasteiger partial charge is 0.338 e. The second-order valence-corrected chi connectivity index (χ2v) is 9.34. The van der Waals surface area contributed by atoms with E-state index in [0.29, 0.717) is 22.0 Å². The molecule has 178 valence electrons. The first-order valence-electron chi connectivity index (χ1n) is 9.95. The van der Waals surface area contributed by atoms with Crippen molar-refractivity contribution < 1.29 is 27.5 Å². The maximum Gasteiger partial charge on any atom is 0.338 e. The van der Waals surface area contributed by atoms with Crippen LogP contribution in [0.1, 0.15) is 17.3 Å². The van der Waals surface area contributed by atoms with Gasteiger partial charge in [0.25, 0.3) is 15.9 Å². The molecule has 0 bridgehead atoms. The topological polar surface area (TPSA) is 111 Å². The molecule has 0 radical (unpaired) electrons. The maximum atomic E-state index is 12.6. The van der Waals surface area contributed by atoms with Crippen molar-refractivity contribution in [3.63, 3.8) is 0 Å². The van der Waals surface area contributed by atoms with E-state index in [9.17, 15) is 18.0 Å². The molecule has 3 aromatic carbocycles. The van der Waals surface area contributed by atoms with Gasteiger partial charge in [-0.15, -0.1) is 0 Å². The van der Waals surface area contributed by atoms with Crippen molar-refractivity contribution in [3.8, 4) is 5.75 Å². The Balaban J connectivity index is 1.54. The quantitative estimate of drug-likeness (QED) is 0.383. The molecule has 0 aliphatic heterocycles. The zero-order chi connectivity index (χ0) is 24.7. The fraction of sp³-hybridized carbons (Fsp3) is 0.130. The lowest BCUT2D eigenvalue weighted by Gasteiger charge is -2.11. The summed E-state index contributed by atoms with van der Waals surface area (Å²) >= 11 is 11.8. The minimum Gasteiger partial charge on any atom is -0.484 e. The molecule has 2 N–H and O–H groups in total. The van der Waals surface area contributed by atoms with E-state index in [4.69, 9.17) is 32.7 Å². The van der Waals surface area contributed by atoms with Gasteiger partial charge in [0.1, 0.15) is 5.75 Å². The molecule has 3 aromatic rings. The van der Waals surface area contributed by atoms with Crippen LogP contribution < -0.4 is 14.8 Å². The second-order valence-electron chi connectivity index (χ2n) is 6.84. The maximum absolute atomic E-state index is 12.6. The van der Waals surface area contributed by atoms with E-state index in [2.05, 4.69) is 10.0 Å². The molecule has 0 aliphatic rings. The Morgan fingerprint density at radius 1 is 0.882 bits per heavy atom. The number of anilines is 2. The van der Waals surface area contributed by atoms with Gasteiger partial charge in [-0.25, -0.2) is 13.2 Å². The molecule has 0 saturated heterocycles. The summed E-state index contributed by atoms with van der Waals surface area (Å²) in [6, 6.07) is 16.2. The number of carbonyl (C=O) groups is 2. The first-order valence-corrected chi connectivity index (χ1v) is 12.2. The van der Waals surface area contributed by atoms with Gasteiger partial charge in [-0.3, -0.25) is 9.52 Å². The van der Waals surface area contributed by atoms with Crippen molar-refractivity contribution in [1.29, 1.82) is 0 Å². The first kappa shape index (κ1) is 25.4. The predicted molar refractivity (Wildman–Crippen MR) is 130 cm³/mol. The Hall–Kier alpha value is -3.27. The third-order valence-electron chi connectivity index (χ3n) is 4.36. The minimum atomic E-state index is -3.86. The van der Waals surface area contributed by atoms with Gasteiger partial charge in [0.05, 0.1) is 32.8 Å². The highest BCUT2D eigenvalue weighted by atomic mass is 35.5. The van der Waals surface area contributed by atoms with Crippen LogP contribution in [0.4, 0.5) is 11.4 Å². The van der Waals surface area contributed by atoms with Gasteiger partial charge in [0, 0.05) is 5.69 Å². The number of hydrogen-bond acceptors (Lipinski definition) is 6. The van der Waals surface area contributed by atoms with Gasteiger partial charge in [-0.2, -0.15) is 0 Å². The Kier molecular flexibility index (Phi) is 8.38. The Morgan fingerprint density at radius 3 is 2.15 bits per heavy atom. The number of benzene rings is 3. The zero-order valence-electron chi connectivity index (χ0n) is 17.9. The molecule has 0 aromatic heterocycles. The van der Waals surface area contributed by atoms with Crippen LogP contribution in [0, 0.1) is 0 Å². The third kappa shape index (κ3) is 6.86. The number of hydrogen-bond donors (Lipinski definition) is 2. The second kappa shape index (κ2) is 11.2. The molecule has 3 rings (SSSR count). The Labute approximate surface area is 206 Å². The lowest BCUT2D eigenvalue weighted by molar-refractivity contribution is -0.118. The van der Waals surface area contributed by atoms with Crippen molar-refractivity contribution in [3.05, 3.63) is 82.3 Å². The zero-order valence-corrected chi connectivity index (χ0v) is 20.2. The van der Waals surface area contributed by atoms with Crippen molar-refractivity contribution >= 4 is 56.5 Å². The van der Waals surface area contributed by atoms with Gasteiger partial charge in [0.15, 0.2) is 6.61 Å². The fourth-order valence-corrected chi connectivity index (χ4v) is 4.09. The monoisotopic (exact) mass is 522 g/mol. The van der Waals surface area contributed by atoms with E-state index < -0.39 is 21.9 Å². The SMILES string of the molecule is CCOC(=O)c1ccc(NC(=O)COc2ccc(S(=O)(=O)Nc3ccc(Cl)c(Cl)c3)cc2)cc1. The molecule has 0 unspecified atom stereocenters. The summed E-state index contributed by atoms with van der Waals surface area (Å²) in [4.78, 5) is 23.8. The number of sulfonamides is 1. The molecule has 34 heavy (non-hydrogen) atoms. The van der Waals surface area contributed by atoms with Crippen LogP contribution in [0.15, 0.2) is 71.6 Å². The number of nitrogens with one attached hydrogen (secondary N) is 2. The number of rotatable bonds is 9. The fourth-order valence-electron chi connectivity index (χ4n) is 2.74. The number of amides is 1. The molecule has 0 atom stereocenters. The van der Waals surface area contributed by atoms with E-state index in [1.54, 1.807) is 31.2 Å². The predicted octanol–water partition coefficient (Wildman–Crippen LogP) is 4.99. The molecule has 1 amide bonds. The summed E-state index contributed by atoms with van der Waals surface area (Å²) in [5, 5.41) is 3.17. The van der Waals surface area contributed by atoms with Crippen molar-refractivity contribution in [2.24, 2.45) is 0 Å². The van der Waals surface area contributed by atoms with E-state index >= 15 is 0 Å². The minimum absolute atomic E-state index is 0.00272. The molecule has 8 nitrogen and oxygen atoms in total. The number of esters is 1. The Morgan fingerprint density at radius 2 is 1.53 bits per heavy atom. The van der Waals surface area contributed by atoms with Gasteiger partial charge >= 0.3 is 5.97 Å². The van der Waals surface area contributed by atoms with Crippen molar-refractivity contribution in [2.45, 2.75) is 11.8 Å². The van der Waals surface area contributed by atoms with Crippen LogP contribution in [-0.2, 0) is 19.6 Å². The first-order chi connectivity index (χ1) is 16.2. The van der Waals surface area contributed by atoms with Crippen molar-refractivity contribution in [2.75, 3.05) is 23.3 Å². The van der Waals surface area contributed by atoms with Gasteiger partial charge in [0.2, 0.25) is 0 Å². The standard InChI is InChI=1S/C23H20Cl2N2O6S/c1-2-32-23(29)15-3-5-16(6-4-15)26-22(28)14-33-18-8-10-19(11-9-18)34(30,31)27-17-7-12-20(24)21(25)13-17/h3-13,27H,2,14H2,1H3,(H,26,28).